The van der Waals surface area contributed by atoms with Crippen LogP contribution in [0.15, 0.2) is 29.6 Å². The van der Waals surface area contributed by atoms with Crippen molar-refractivity contribution < 1.29 is 9.90 Å². The first-order valence-electron chi connectivity index (χ1n) is 7.31. The summed E-state index contributed by atoms with van der Waals surface area (Å²) >= 11 is 1.67. The predicted octanol–water partition coefficient (Wildman–Crippen LogP) is 2.26. The van der Waals surface area contributed by atoms with E-state index in [1.54, 1.807) is 23.5 Å². The largest absolute Gasteiger partial charge is 0.478 e. The van der Waals surface area contributed by atoms with Crippen molar-refractivity contribution in [2.45, 2.75) is 6.54 Å². The molecule has 22 heavy (non-hydrogen) atoms. The number of hydrogen-bond acceptors (Lipinski definition) is 5. The summed E-state index contributed by atoms with van der Waals surface area (Å²) in [4.78, 5) is 20.3. The van der Waals surface area contributed by atoms with Gasteiger partial charge in [0, 0.05) is 37.1 Å². The highest BCUT2D eigenvalue weighted by Gasteiger charge is 2.15. The van der Waals surface area contributed by atoms with Crippen LogP contribution in [0.3, 0.4) is 0 Å². The Morgan fingerprint density at radius 3 is 2.55 bits per heavy atom. The highest BCUT2D eigenvalue weighted by atomic mass is 32.1. The molecule has 1 saturated heterocycles. The second-order valence-electron chi connectivity index (χ2n) is 5.59. The van der Waals surface area contributed by atoms with E-state index < -0.39 is 5.97 Å². The second kappa shape index (κ2) is 6.56. The summed E-state index contributed by atoms with van der Waals surface area (Å²) < 4.78 is 0. The third kappa shape index (κ3) is 3.52. The monoisotopic (exact) mass is 317 g/mol. The van der Waals surface area contributed by atoms with Crippen molar-refractivity contribution in [2.75, 3.05) is 33.2 Å². The van der Waals surface area contributed by atoms with Crippen LogP contribution in [0.5, 0.6) is 0 Å². The van der Waals surface area contributed by atoms with Crippen LogP contribution < -0.4 is 0 Å². The molecule has 5 nitrogen and oxygen atoms in total. The molecular formula is C16H19N3O2S. The van der Waals surface area contributed by atoms with Crippen LogP contribution in [0, 0.1) is 0 Å². The van der Waals surface area contributed by atoms with Gasteiger partial charge >= 0.3 is 5.97 Å². The average molecular weight is 317 g/mol. The fourth-order valence-corrected chi connectivity index (χ4v) is 3.34. The smallest absolute Gasteiger partial charge is 0.335 e. The average Bonchev–Trinajstić information content (AvgIpc) is 2.98. The minimum Gasteiger partial charge on any atom is -0.478 e. The van der Waals surface area contributed by atoms with Gasteiger partial charge in [-0.25, -0.2) is 9.78 Å². The van der Waals surface area contributed by atoms with Gasteiger partial charge in [-0.3, -0.25) is 4.90 Å². The zero-order valence-electron chi connectivity index (χ0n) is 12.5. The maximum Gasteiger partial charge on any atom is 0.335 e. The number of thiazole rings is 1. The predicted molar refractivity (Wildman–Crippen MR) is 87.3 cm³/mol. The van der Waals surface area contributed by atoms with Gasteiger partial charge in [0.25, 0.3) is 0 Å². The van der Waals surface area contributed by atoms with E-state index in [9.17, 15) is 4.79 Å². The van der Waals surface area contributed by atoms with Crippen LogP contribution >= 0.6 is 11.3 Å². The summed E-state index contributed by atoms with van der Waals surface area (Å²) in [5.74, 6) is -0.902. The highest BCUT2D eigenvalue weighted by Crippen LogP contribution is 2.23. The van der Waals surface area contributed by atoms with Crippen molar-refractivity contribution in [1.82, 2.24) is 14.8 Å². The Morgan fingerprint density at radius 1 is 1.23 bits per heavy atom. The van der Waals surface area contributed by atoms with Crippen molar-refractivity contribution in [1.29, 1.82) is 0 Å². The number of piperazine rings is 1. The molecule has 116 valence electrons. The zero-order valence-corrected chi connectivity index (χ0v) is 13.3. The number of benzene rings is 1. The molecule has 0 amide bonds. The van der Waals surface area contributed by atoms with Gasteiger partial charge in [-0.05, 0) is 19.2 Å². The van der Waals surface area contributed by atoms with Gasteiger partial charge < -0.3 is 10.0 Å². The maximum absolute atomic E-state index is 10.9. The molecule has 1 aromatic carbocycles. The lowest BCUT2D eigenvalue weighted by Crippen LogP contribution is -2.43. The van der Waals surface area contributed by atoms with Gasteiger partial charge in [-0.1, -0.05) is 12.1 Å². The zero-order chi connectivity index (χ0) is 15.5. The Labute approximate surface area is 133 Å². The third-order valence-corrected chi connectivity index (χ3v) is 4.77. The number of carbonyl (C=O) groups is 1. The van der Waals surface area contributed by atoms with E-state index in [4.69, 9.17) is 5.11 Å². The molecule has 2 aromatic rings. The van der Waals surface area contributed by atoms with Crippen molar-refractivity contribution in [2.24, 2.45) is 0 Å². The normalized spacial score (nSPS) is 16.8. The molecule has 0 unspecified atom stereocenters. The van der Waals surface area contributed by atoms with E-state index in [0.29, 0.717) is 5.56 Å². The van der Waals surface area contributed by atoms with Crippen molar-refractivity contribution in [3.8, 4) is 11.3 Å². The molecule has 3 rings (SSSR count). The quantitative estimate of drug-likeness (QED) is 0.937. The molecule has 0 saturated carbocycles. The van der Waals surface area contributed by atoms with Crippen molar-refractivity contribution >= 4 is 17.3 Å². The van der Waals surface area contributed by atoms with Crippen LogP contribution in [0.25, 0.3) is 11.3 Å². The van der Waals surface area contributed by atoms with Crippen LogP contribution in [0.4, 0.5) is 0 Å². The maximum atomic E-state index is 10.9. The van der Waals surface area contributed by atoms with E-state index in [0.717, 1.165) is 49.0 Å². The molecule has 6 heteroatoms. The molecule has 0 aliphatic carbocycles. The van der Waals surface area contributed by atoms with Crippen LogP contribution in [-0.4, -0.2) is 59.1 Å². The van der Waals surface area contributed by atoms with Crippen LogP contribution in [0.2, 0.25) is 0 Å². The summed E-state index contributed by atoms with van der Waals surface area (Å²) in [6, 6.07) is 6.88. The molecule has 1 aliphatic rings. The standard InChI is InChI=1S/C16H19N3O2S/c1-18-6-8-19(9-7-18)10-15-17-14(11-22-15)12-2-4-13(5-3-12)16(20)21/h2-5,11H,6-10H2,1H3,(H,20,21). The first-order chi connectivity index (χ1) is 10.6. The Morgan fingerprint density at radius 2 is 1.91 bits per heavy atom. The van der Waals surface area contributed by atoms with Crippen molar-refractivity contribution in [3.63, 3.8) is 0 Å². The Balaban J connectivity index is 1.66. The fraction of sp³-hybridized carbons (Fsp3) is 0.375. The lowest BCUT2D eigenvalue weighted by atomic mass is 10.1. The van der Waals surface area contributed by atoms with Gasteiger partial charge in [0.05, 0.1) is 17.8 Å². The number of nitrogens with zero attached hydrogens (tertiary/aromatic N) is 3. The van der Waals surface area contributed by atoms with E-state index in [1.807, 2.05) is 17.5 Å². The number of hydrogen-bond donors (Lipinski definition) is 1. The summed E-state index contributed by atoms with van der Waals surface area (Å²) in [5, 5.41) is 12.1. The SMILES string of the molecule is CN1CCN(Cc2nc(-c3ccc(C(=O)O)cc3)cs2)CC1. The molecule has 1 aliphatic heterocycles. The van der Waals surface area contributed by atoms with Gasteiger partial charge in [-0.2, -0.15) is 0 Å². The van der Waals surface area contributed by atoms with Crippen molar-refractivity contribution in [3.05, 3.63) is 40.2 Å². The van der Waals surface area contributed by atoms with E-state index in [-0.39, 0.29) is 0 Å². The number of aromatic nitrogens is 1. The number of carboxylic acids is 1. The van der Waals surface area contributed by atoms with Gasteiger partial charge in [0.15, 0.2) is 0 Å². The first kappa shape index (κ1) is 15.1. The van der Waals surface area contributed by atoms with Crippen LogP contribution in [-0.2, 0) is 6.54 Å². The number of aromatic carboxylic acids is 1. The third-order valence-electron chi connectivity index (χ3n) is 3.93. The molecule has 0 radical (unpaired) electrons. The fourth-order valence-electron chi connectivity index (χ4n) is 2.50. The topological polar surface area (TPSA) is 56.7 Å². The number of rotatable bonds is 4. The Bertz CT molecular complexity index is 646. The summed E-state index contributed by atoms with van der Waals surface area (Å²) in [7, 11) is 2.15. The molecule has 1 N–H and O–H groups in total. The molecular weight excluding hydrogens is 298 g/mol. The molecule has 1 fully saturated rings. The minimum atomic E-state index is -0.902. The molecule has 0 spiro atoms. The summed E-state index contributed by atoms with van der Waals surface area (Å²) in [6.45, 7) is 5.27. The summed E-state index contributed by atoms with van der Waals surface area (Å²) in [6.07, 6.45) is 0. The highest BCUT2D eigenvalue weighted by molar-refractivity contribution is 7.09. The molecule has 0 bridgehead atoms. The second-order valence-corrected chi connectivity index (χ2v) is 6.53. The lowest BCUT2D eigenvalue weighted by molar-refractivity contribution is 0.0697. The van der Waals surface area contributed by atoms with E-state index in [2.05, 4.69) is 21.8 Å². The molecule has 2 heterocycles. The number of carboxylic acid groups (broad SMARTS) is 1. The Kier molecular flexibility index (Phi) is 4.52. The van der Waals surface area contributed by atoms with E-state index in [1.165, 1.54) is 0 Å². The lowest BCUT2D eigenvalue weighted by Gasteiger charge is -2.31. The van der Waals surface area contributed by atoms with E-state index >= 15 is 0 Å². The summed E-state index contributed by atoms with van der Waals surface area (Å²) in [5.41, 5.74) is 2.19. The number of likely N-dealkylation sites (N-methyl/N-ethyl adjacent to an activating group) is 1. The van der Waals surface area contributed by atoms with Gasteiger partial charge in [0.1, 0.15) is 5.01 Å². The van der Waals surface area contributed by atoms with Gasteiger partial charge in [0.2, 0.25) is 0 Å². The first-order valence-corrected chi connectivity index (χ1v) is 8.19. The minimum absolute atomic E-state index is 0.302. The van der Waals surface area contributed by atoms with Gasteiger partial charge in [-0.15, -0.1) is 11.3 Å². The van der Waals surface area contributed by atoms with Crippen LogP contribution in [0.1, 0.15) is 15.4 Å². The Hall–Kier alpha value is -1.76. The molecule has 1 aromatic heterocycles. The molecule has 0 atom stereocenters.